The van der Waals surface area contributed by atoms with Crippen molar-refractivity contribution in [2.24, 2.45) is 0 Å². The number of hydrogen-bond acceptors (Lipinski definition) is 2. The van der Waals surface area contributed by atoms with Gasteiger partial charge in [-0.3, -0.25) is 4.79 Å². The van der Waals surface area contributed by atoms with Crippen molar-refractivity contribution in [1.29, 1.82) is 0 Å². The predicted octanol–water partition coefficient (Wildman–Crippen LogP) is 4.44. The molecule has 0 bridgehead atoms. The fourth-order valence-electron chi connectivity index (χ4n) is 2.42. The summed E-state index contributed by atoms with van der Waals surface area (Å²) in [6.45, 7) is 6.81. The molecule has 2 nitrogen and oxygen atoms in total. The molecule has 0 saturated carbocycles. The van der Waals surface area contributed by atoms with Crippen LogP contribution in [-0.4, -0.2) is 23.1 Å². The van der Waals surface area contributed by atoms with E-state index in [0.717, 1.165) is 5.56 Å². The molecule has 0 radical (unpaired) electrons. The maximum atomic E-state index is 12.5. The first-order valence-corrected chi connectivity index (χ1v) is 8.38. The van der Waals surface area contributed by atoms with E-state index >= 15 is 0 Å². The van der Waals surface area contributed by atoms with E-state index < -0.39 is 0 Å². The summed E-state index contributed by atoms with van der Waals surface area (Å²) in [6, 6.07) is 16.5. The quantitative estimate of drug-likeness (QED) is 0.760. The average molecular weight is 313 g/mol. The van der Waals surface area contributed by atoms with Gasteiger partial charge in [-0.25, -0.2) is 0 Å². The standard InChI is InChI=1S/C19H23NOS/c1-14-10-11-18(15(2)12-14)22-16(3)19(21)20(4)13-17-8-6-5-7-9-17/h5-12,16H,13H2,1-4H3. The molecule has 0 fully saturated rings. The molecule has 1 amide bonds. The van der Waals surface area contributed by atoms with Crippen molar-refractivity contribution < 1.29 is 4.79 Å². The lowest BCUT2D eigenvalue weighted by atomic mass is 10.2. The third kappa shape index (κ3) is 4.38. The number of amides is 1. The molecule has 0 aliphatic carbocycles. The summed E-state index contributed by atoms with van der Waals surface area (Å²) in [4.78, 5) is 15.5. The lowest BCUT2D eigenvalue weighted by Crippen LogP contribution is -2.32. The Morgan fingerprint density at radius 3 is 2.45 bits per heavy atom. The second-order valence-electron chi connectivity index (χ2n) is 5.71. The summed E-state index contributed by atoms with van der Waals surface area (Å²) < 4.78 is 0. The minimum atomic E-state index is -0.0879. The van der Waals surface area contributed by atoms with Crippen LogP contribution in [0.4, 0.5) is 0 Å². The van der Waals surface area contributed by atoms with Gasteiger partial charge in [0.05, 0.1) is 5.25 Å². The highest BCUT2D eigenvalue weighted by molar-refractivity contribution is 8.00. The van der Waals surface area contributed by atoms with E-state index in [1.165, 1.54) is 16.0 Å². The van der Waals surface area contributed by atoms with Gasteiger partial charge in [0.1, 0.15) is 0 Å². The van der Waals surface area contributed by atoms with E-state index in [4.69, 9.17) is 0 Å². The van der Waals surface area contributed by atoms with E-state index in [0.29, 0.717) is 6.54 Å². The smallest absolute Gasteiger partial charge is 0.235 e. The lowest BCUT2D eigenvalue weighted by Gasteiger charge is -2.21. The summed E-state index contributed by atoms with van der Waals surface area (Å²) in [6.07, 6.45) is 0. The second-order valence-corrected chi connectivity index (χ2v) is 7.09. The molecule has 0 N–H and O–H groups in total. The van der Waals surface area contributed by atoms with Crippen molar-refractivity contribution in [3.05, 3.63) is 65.2 Å². The van der Waals surface area contributed by atoms with Gasteiger partial charge in [-0.2, -0.15) is 0 Å². The molecule has 2 rings (SSSR count). The highest BCUT2D eigenvalue weighted by Gasteiger charge is 2.19. The third-order valence-electron chi connectivity index (χ3n) is 3.62. The van der Waals surface area contributed by atoms with Crippen LogP contribution in [0.25, 0.3) is 0 Å². The number of carbonyl (C=O) groups is 1. The zero-order valence-corrected chi connectivity index (χ0v) is 14.5. The van der Waals surface area contributed by atoms with Crippen LogP contribution in [0.1, 0.15) is 23.6 Å². The van der Waals surface area contributed by atoms with Crippen molar-refractivity contribution in [1.82, 2.24) is 4.90 Å². The van der Waals surface area contributed by atoms with Gasteiger partial charge < -0.3 is 4.90 Å². The third-order valence-corrected chi connectivity index (χ3v) is 4.89. The van der Waals surface area contributed by atoms with E-state index in [9.17, 15) is 4.79 Å². The fourth-order valence-corrected chi connectivity index (χ4v) is 3.47. The maximum Gasteiger partial charge on any atom is 0.235 e. The Morgan fingerprint density at radius 1 is 1.14 bits per heavy atom. The minimum Gasteiger partial charge on any atom is -0.340 e. The van der Waals surface area contributed by atoms with Crippen LogP contribution in [0.5, 0.6) is 0 Å². The summed E-state index contributed by atoms with van der Waals surface area (Å²) in [7, 11) is 1.87. The topological polar surface area (TPSA) is 20.3 Å². The average Bonchev–Trinajstić information content (AvgIpc) is 2.50. The van der Waals surface area contributed by atoms with Gasteiger partial charge in [0.2, 0.25) is 5.91 Å². The first kappa shape index (κ1) is 16.6. The number of nitrogens with zero attached hydrogens (tertiary/aromatic N) is 1. The minimum absolute atomic E-state index is 0.0879. The summed E-state index contributed by atoms with van der Waals surface area (Å²) in [5, 5.41) is -0.0879. The molecule has 2 aromatic rings. The van der Waals surface area contributed by atoms with Crippen LogP contribution < -0.4 is 0 Å². The predicted molar refractivity (Wildman–Crippen MR) is 94.2 cm³/mol. The second kappa shape index (κ2) is 7.50. The summed E-state index contributed by atoms with van der Waals surface area (Å²) >= 11 is 1.63. The number of carbonyl (C=O) groups excluding carboxylic acids is 1. The van der Waals surface area contributed by atoms with E-state index in [-0.39, 0.29) is 11.2 Å². The van der Waals surface area contributed by atoms with Gasteiger partial charge in [-0.15, -0.1) is 11.8 Å². The zero-order valence-electron chi connectivity index (χ0n) is 13.7. The highest BCUT2D eigenvalue weighted by atomic mass is 32.2. The molecular weight excluding hydrogens is 290 g/mol. The number of thioether (sulfide) groups is 1. The molecule has 3 heteroatoms. The van der Waals surface area contributed by atoms with Crippen LogP contribution >= 0.6 is 11.8 Å². The zero-order chi connectivity index (χ0) is 16.1. The molecule has 1 unspecified atom stereocenters. The summed E-state index contributed by atoms with van der Waals surface area (Å²) in [5.41, 5.74) is 3.64. The molecule has 0 spiro atoms. The van der Waals surface area contributed by atoms with Gasteiger partial charge in [-0.1, -0.05) is 48.0 Å². The molecule has 2 aromatic carbocycles. The molecule has 0 heterocycles. The Labute approximate surface area is 137 Å². The molecule has 116 valence electrons. The largest absolute Gasteiger partial charge is 0.340 e. The van der Waals surface area contributed by atoms with Crippen molar-refractivity contribution in [3.8, 4) is 0 Å². The van der Waals surface area contributed by atoms with E-state index in [1.54, 1.807) is 16.7 Å². The van der Waals surface area contributed by atoms with Crippen LogP contribution in [0.15, 0.2) is 53.4 Å². The van der Waals surface area contributed by atoms with Crippen LogP contribution in [0, 0.1) is 13.8 Å². The molecule has 0 aliphatic heterocycles. The number of aryl methyl sites for hydroxylation is 2. The van der Waals surface area contributed by atoms with Crippen molar-refractivity contribution >= 4 is 17.7 Å². The Morgan fingerprint density at radius 2 is 1.82 bits per heavy atom. The fraction of sp³-hybridized carbons (Fsp3) is 0.316. The normalized spacial score (nSPS) is 12.0. The van der Waals surface area contributed by atoms with Crippen LogP contribution in [0.2, 0.25) is 0 Å². The lowest BCUT2D eigenvalue weighted by molar-refractivity contribution is -0.129. The Hall–Kier alpha value is -1.74. The molecule has 0 aliphatic rings. The monoisotopic (exact) mass is 313 g/mol. The highest BCUT2D eigenvalue weighted by Crippen LogP contribution is 2.28. The van der Waals surface area contributed by atoms with Crippen molar-refractivity contribution in [3.63, 3.8) is 0 Å². The summed E-state index contributed by atoms with van der Waals surface area (Å²) in [5.74, 6) is 0.161. The van der Waals surface area contributed by atoms with Crippen molar-refractivity contribution in [2.75, 3.05) is 7.05 Å². The Bertz CT molecular complexity index is 639. The van der Waals surface area contributed by atoms with Gasteiger partial charge in [0.25, 0.3) is 0 Å². The first-order valence-electron chi connectivity index (χ1n) is 7.50. The van der Waals surface area contributed by atoms with E-state index in [2.05, 4.69) is 32.0 Å². The van der Waals surface area contributed by atoms with Crippen LogP contribution in [-0.2, 0) is 11.3 Å². The molecule has 1 atom stereocenters. The maximum absolute atomic E-state index is 12.5. The Balaban J connectivity index is 1.99. The molecule has 0 saturated heterocycles. The molecular formula is C19H23NOS. The van der Waals surface area contributed by atoms with Gasteiger partial charge >= 0.3 is 0 Å². The molecule has 22 heavy (non-hydrogen) atoms. The van der Waals surface area contributed by atoms with Crippen LogP contribution in [0.3, 0.4) is 0 Å². The van der Waals surface area contributed by atoms with Gasteiger partial charge in [0, 0.05) is 18.5 Å². The number of rotatable bonds is 5. The Kier molecular flexibility index (Phi) is 5.67. The van der Waals surface area contributed by atoms with Gasteiger partial charge in [0.15, 0.2) is 0 Å². The number of benzene rings is 2. The molecule has 0 aromatic heterocycles. The number of hydrogen-bond donors (Lipinski definition) is 0. The van der Waals surface area contributed by atoms with Gasteiger partial charge in [-0.05, 0) is 38.0 Å². The SMILES string of the molecule is Cc1ccc(SC(C)C(=O)N(C)Cc2ccccc2)c(C)c1. The van der Waals surface area contributed by atoms with Crippen molar-refractivity contribution in [2.45, 2.75) is 37.5 Å². The first-order chi connectivity index (χ1) is 10.5. The van der Waals surface area contributed by atoms with E-state index in [1.807, 2.05) is 44.3 Å².